The minimum atomic E-state index is 0.903. The molecule has 12 aromatic rings. The first-order valence-corrected chi connectivity index (χ1v) is 19.4. The summed E-state index contributed by atoms with van der Waals surface area (Å²) in [5.74, 6) is 0. The van der Waals surface area contributed by atoms with Gasteiger partial charge in [-0.2, -0.15) is 0 Å². The highest BCUT2D eigenvalue weighted by atomic mass is 32.1. The standard InChI is InChI=1S/C51H29N3S/c1-2-12-30(13-3-1)41-27-24-31-22-23-32-25-28-42(53-49(32)48(31)52-41)45-34-15-4-6-17-36(34)46(37-18-7-5-16-35(37)45)50-39-20-9-8-19-38(39)47-43(54-50)29-26-40-33-14-10-11-21-44(33)55-51(40)47/h1-29H. The average Bonchev–Trinajstić information content (AvgIpc) is 3.64. The molecule has 3 nitrogen and oxygen atoms in total. The Hall–Kier alpha value is -7.01. The van der Waals surface area contributed by atoms with Crippen molar-refractivity contribution >= 4 is 96.5 Å². The molecule has 0 amide bonds. The Morgan fingerprint density at radius 1 is 0.345 bits per heavy atom. The lowest BCUT2D eigenvalue weighted by atomic mass is 9.87. The van der Waals surface area contributed by atoms with E-state index < -0.39 is 0 Å². The van der Waals surface area contributed by atoms with Gasteiger partial charge in [0.25, 0.3) is 0 Å². The smallest absolute Gasteiger partial charge is 0.0972 e. The zero-order valence-electron chi connectivity index (χ0n) is 29.5. The van der Waals surface area contributed by atoms with Gasteiger partial charge in [0.2, 0.25) is 0 Å². The number of thiophene rings is 1. The molecule has 0 N–H and O–H groups in total. The van der Waals surface area contributed by atoms with Crippen LogP contribution in [0.1, 0.15) is 0 Å². The van der Waals surface area contributed by atoms with E-state index in [0.29, 0.717) is 0 Å². The Balaban J connectivity index is 1.15. The van der Waals surface area contributed by atoms with Crippen LogP contribution in [-0.4, -0.2) is 15.0 Å². The van der Waals surface area contributed by atoms with Crippen LogP contribution >= 0.6 is 11.3 Å². The average molecular weight is 716 g/mol. The van der Waals surface area contributed by atoms with E-state index in [1.165, 1.54) is 30.9 Å². The summed E-state index contributed by atoms with van der Waals surface area (Å²) in [6, 6.07) is 62.8. The van der Waals surface area contributed by atoms with Crippen LogP contribution in [0.2, 0.25) is 0 Å². The number of rotatable bonds is 3. The summed E-state index contributed by atoms with van der Waals surface area (Å²) in [7, 11) is 0. The van der Waals surface area contributed by atoms with Crippen molar-refractivity contribution in [3.8, 4) is 33.8 Å². The van der Waals surface area contributed by atoms with Crippen molar-refractivity contribution in [3.63, 3.8) is 0 Å². The van der Waals surface area contributed by atoms with Crippen LogP contribution in [0.4, 0.5) is 0 Å². The van der Waals surface area contributed by atoms with E-state index in [1.807, 2.05) is 17.4 Å². The Morgan fingerprint density at radius 3 is 1.56 bits per heavy atom. The minimum absolute atomic E-state index is 0.903. The highest BCUT2D eigenvalue weighted by Crippen LogP contribution is 2.47. The fraction of sp³-hybridized carbons (Fsp3) is 0. The van der Waals surface area contributed by atoms with E-state index >= 15 is 0 Å². The molecule has 0 radical (unpaired) electrons. The number of fused-ring (bicyclic) bond motifs is 12. The summed E-state index contributed by atoms with van der Waals surface area (Å²) in [6.07, 6.45) is 0. The second-order valence-electron chi connectivity index (χ2n) is 14.2. The third kappa shape index (κ3) is 4.52. The van der Waals surface area contributed by atoms with Crippen molar-refractivity contribution in [2.75, 3.05) is 0 Å². The molecule has 4 heterocycles. The molecule has 0 fully saturated rings. The van der Waals surface area contributed by atoms with Gasteiger partial charge in [0, 0.05) is 58.4 Å². The molecule has 4 heteroatoms. The Labute approximate surface area is 319 Å². The second kappa shape index (κ2) is 11.7. The van der Waals surface area contributed by atoms with Gasteiger partial charge in [-0.15, -0.1) is 11.3 Å². The molecule has 0 saturated carbocycles. The summed E-state index contributed by atoms with van der Waals surface area (Å²) in [5.41, 5.74) is 9.03. The molecule has 0 atom stereocenters. The maximum atomic E-state index is 5.59. The Morgan fingerprint density at radius 2 is 0.873 bits per heavy atom. The molecule has 0 bridgehead atoms. The first-order chi connectivity index (χ1) is 27.3. The number of hydrogen-bond donors (Lipinski definition) is 0. The summed E-state index contributed by atoms with van der Waals surface area (Å²) in [5, 5.41) is 12.9. The molecule has 0 saturated heterocycles. The lowest BCUT2D eigenvalue weighted by Crippen LogP contribution is -1.96. The fourth-order valence-corrected chi connectivity index (χ4v) is 10.0. The largest absolute Gasteiger partial charge is 0.247 e. The van der Waals surface area contributed by atoms with Crippen LogP contribution in [0.5, 0.6) is 0 Å². The Kier molecular flexibility index (Phi) is 6.50. The molecule has 12 rings (SSSR count). The van der Waals surface area contributed by atoms with E-state index in [2.05, 4.69) is 170 Å². The number of pyridine rings is 3. The van der Waals surface area contributed by atoms with E-state index in [4.69, 9.17) is 15.0 Å². The van der Waals surface area contributed by atoms with E-state index in [0.717, 1.165) is 88.0 Å². The zero-order valence-corrected chi connectivity index (χ0v) is 30.3. The van der Waals surface area contributed by atoms with E-state index in [1.54, 1.807) is 0 Å². The molecule has 254 valence electrons. The van der Waals surface area contributed by atoms with Gasteiger partial charge in [0.1, 0.15) is 0 Å². The summed E-state index contributed by atoms with van der Waals surface area (Å²) >= 11 is 1.86. The number of aromatic nitrogens is 3. The molecule has 8 aromatic carbocycles. The highest BCUT2D eigenvalue weighted by Gasteiger charge is 2.22. The van der Waals surface area contributed by atoms with Gasteiger partial charge in [-0.25, -0.2) is 15.0 Å². The molecule has 0 aliphatic heterocycles. The molecule has 0 aliphatic carbocycles. The third-order valence-electron chi connectivity index (χ3n) is 11.2. The maximum Gasteiger partial charge on any atom is 0.0972 e. The van der Waals surface area contributed by atoms with Gasteiger partial charge in [-0.3, -0.25) is 0 Å². The van der Waals surface area contributed by atoms with Crippen molar-refractivity contribution < 1.29 is 0 Å². The van der Waals surface area contributed by atoms with Crippen molar-refractivity contribution in [1.29, 1.82) is 0 Å². The molecule has 55 heavy (non-hydrogen) atoms. The van der Waals surface area contributed by atoms with E-state index in [9.17, 15) is 0 Å². The normalized spacial score (nSPS) is 12.0. The van der Waals surface area contributed by atoms with Gasteiger partial charge in [0.05, 0.1) is 33.6 Å². The number of nitrogens with zero attached hydrogens (tertiary/aromatic N) is 3. The van der Waals surface area contributed by atoms with Crippen LogP contribution in [-0.2, 0) is 0 Å². The number of hydrogen-bond acceptors (Lipinski definition) is 4. The predicted molar refractivity (Wildman–Crippen MR) is 234 cm³/mol. The van der Waals surface area contributed by atoms with Crippen molar-refractivity contribution in [2.45, 2.75) is 0 Å². The third-order valence-corrected chi connectivity index (χ3v) is 12.4. The second-order valence-corrected chi connectivity index (χ2v) is 15.3. The minimum Gasteiger partial charge on any atom is -0.247 e. The maximum absolute atomic E-state index is 5.59. The van der Waals surface area contributed by atoms with Gasteiger partial charge < -0.3 is 0 Å². The van der Waals surface area contributed by atoms with Gasteiger partial charge in [-0.05, 0) is 51.2 Å². The van der Waals surface area contributed by atoms with Crippen LogP contribution < -0.4 is 0 Å². The number of benzene rings is 8. The van der Waals surface area contributed by atoms with Gasteiger partial charge >= 0.3 is 0 Å². The van der Waals surface area contributed by atoms with Crippen molar-refractivity contribution in [3.05, 3.63) is 176 Å². The van der Waals surface area contributed by atoms with Gasteiger partial charge in [-0.1, -0.05) is 152 Å². The summed E-state index contributed by atoms with van der Waals surface area (Å²) < 4.78 is 2.59. The summed E-state index contributed by atoms with van der Waals surface area (Å²) in [4.78, 5) is 16.3. The van der Waals surface area contributed by atoms with Crippen LogP contribution in [0.3, 0.4) is 0 Å². The first-order valence-electron chi connectivity index (χ1n) is 18.6. The highest BCUT2D eigenvalue weighted by molar-refractivity contribution is 7.26. The molecular weight excluding hydrogens is 687 g/mol. The zero-order chi connectivity index (χ0) is 36.0. The molecule has 0 aliphatic rings. The quantitative estimate of drug-likeness (QED) is 0.135. The summed E-state index contributed by atoms with van der Waals surface area (Å²) in [6.45, 7) is 0. The SMILES string of the molecule is c1ccc(-c2ccc3ccc4ccc(-c5c6ccccc6c(-c6nc7ccc8c9ccccc9sc8c7c7ccccc67)c6ccccc56)nc4c3n2)cc1. The monoisotopic (exact) mass is 715 g/mol. The van der Waals surface area contributed by atoms with Crippen LogP contribution in [0, 0.1) is 0 Å². The first kappa shape index (κ1) is 30.5. The van der Waals surface area contributed by atoms with Crippen molar-refractivity contribution in [1.82, 2.24) is 15.0 Å². The van der Waals surface area contributed by atoms with Gasteiger partial charge in [0.15, 0.2) is 0 Å². The molecule has 0 unspecified atom stereocenters. The van der Waals surface area contributed by atoms with E-state index in [-0.39, 0.29) is 0 Å². The Bertz CT molecular complexity index is 3490. The topological polar surface area (TPSA) is 38.7 Å². The van der Waals surface area contributed by atoms with Crippen LogP contribution in [0.15, 0.2) is 176 Å². The van der Waals surface area contributed by atoms with Crippen LogP contribution in [0.25, 0.3) is 119 Å². The molecule has 4 aromatic heterocycles. The molecule has 0 spiro atoms. The predicted octanol–water partition coefficient (Wildman–Crippen LogP) is 14.2. The lowest BCUT2D eigenvalue weighted by Gasteiger charge is -2.19. The van der Waals surface area contributed by atoms with Crippen molar-refractivity contribution in [2.24, 2.45) is 0 Å². The molecular formula is C51H29N3S. The lowest BCUT2D eigenvalue weighted by molar-refractivity contribution is 1.37. The fourth-order valence-electron chi connectivity index (χ4n) is 8.75.